The minimum absolute atomic E-state index is 0.0143. The molecule has 0 unspecified atom stereocenters. The van der Waals surface area contributed by atoms with E-state index < -0.39 is 0 Å². The van der Waals surface area contributed by atoms with E-state index >= 15 is 0 Å². The maximum absolute atomic E-state index is 12.3. The molecule has 0 bridgehead atoms. The van der Waals surface area contributed by atoms with Crippen LogP contribution in [-0.4, -0.2) is 35.9 Å². The van der Waals surface area contributed by atoms with Crippen LogP contribution in [0.3, 0.4) is 0 Å². The van der Waals surface area contributed by atoms with Crippen LogP contribution in [0, 0.1) is 0 Å². The fraction of sp³-hybridized carbons (Fsp3) is 0.571. The summed E-state index contributed by atoms with van der Waals surface area (Å²) < 4.78 is 0. The summed E-state index contributed by atoms with van der Waals surface area (Å²) in [6.07, 6.45) is 3.31. The highest BCUT2D eigenvalue weighted by Gasteiger charge is 2.13. The van der Waals surface area contributed by atoms with E-state index in [-0.39, 0.29) is 5.91 Å². The number of pyridine rings is 1. The number of amides is 1. The summed E-state index contributed by atoms with van der Waals surface area (Å²) in [4.78, 5) is 18.1. The summed E-state index contributed by atoms with van der Waals surface area (Å²) in [6.45, 7) is 5.63. The van der Waals surface area contributed by atoms with Gasteiger partial charge in [-0.3, -0.25) is 4.79 Å². The van der Waals surface area contributed by atoms with Crippen LogP contribution in [0.2, 0.25) is 5.15 Å². The SMILES string of the molecule is CCCCCN(C)C(=O)c1cc(Cl)nc(NCC)c1. The van der Waals surface area contributed by atoms with Gasteiger partial charge in [-0.25, -0.2) is 4.98 Å². The molecular weight excluding hydrogens is 262 g/mol. The Morgan fingerprint density at radius 3 is 2.74 bits per heavy atom. The van der Waals surface area contributed by atoms with E-state index in [1.54, 1.807) is 17.0 Å². The lowest BCUT2D eigenvalue weighted by Gasteiger charge is -2.17. The normalized spacial score (nSPS) is 10.3. The molecule has 1 heterocycles. The number of nitrogens with one attached hydrogen (secondary N) is 1. The van der Waals surface area contributed by atoms with Crippen LogP contribution in [0.5, 0.6) is 0 Å². The van der Waals surface area contributed by atoms with Gasteiger partial charge in [-0.15, -0.1) is 0 Å². The van der Waals surface area contributed by atoms with Crippen LogP contribution >= 0.6 is 11.6 Å². The number of anilines is 1. The molecule has 1 aromatic rings. The molecule has 0 spiro atoms. The molecule has 0 radical (unpaired) electrons. The molecule has 5 heteroatoms. The second-order valence-electron chi connectivity index (χ2n) is 4.53. The Hall–Kier alpha value is -1.29. The predicted octanol–water partition coefficient (Wildman–Crippen LogP) is 3.43. The fourth-order valence-electron chi connectivity index (χ4n) is 1.81. The molecule has 0 saturated carbocycles. The number of rotatable bonds is 7. The molecule has 4 nitrogen and oxygen atoms in total. The highest BCUT2D eigenvalue weighted by Crippen LogP contribution is 2.16. The van der Waals surface area contributed by atoms with Gasteiger partial charge >= 0.3 is 0 Å². The summed E-state index contributed by atoms with van der Waals surface area (Å²) in [5.74, 6) is 0.625. The van der Waals surface area contributed by atoms with E-state index in [0.29, 0.717) is 16.5 Å². The first-order valence-corrected chi connectivity index (χ1v) is 7.13. The van der Waals surface area contributed by atoms with Crippen molar-refractivity contribution in [2.45, 2.75) is 33.1 Å². The highest BCUT2D eigenvalue weighted by atomic mass is 35.5. The molecule has 19 heavy (non-hydrogen) atoms. The number of nitrogens with zero attached hydrogens (tertiary/aromatic N) is 2. The molecule has 106 valence electrons. The molecule has 0 aliphatic heterocycles. The van der Waals surface area contributed by atoms with Crippen molar-refractivity contribution in [3.05, 3.63) is 22.8 Å². The third-order valence-corrected chi connectivity index (χ3v) is 3.04. The zero-order valence-corrected chi connectivity index (χ0v) is 12.6. The smallest absolute Gasteiger partial charge is 0.253 e. The molecule has 0 aliphatic rings. The number of aromatic nitrogens is 1. The van der Waals surface area contributed by atoms with Crippen LogP contribution in [-0.2, 0) is 0 Å². The number of unbranched alkanes of at least 4 members (excludes halogenated alkanes) is 2. The molecule has 1 rings (SSSR count). The zero-order chi connectivity index (χ0) is 14.3. The Morgan fingerprint density at radius 1 is 1.37 bits per heavy atom. The first-order chi connectivity index (χ1) is 9.08. The largest absolute Gasteiger partial charge is 0.370 e. The minimum Gasteiger partial charge on any atom is -0.370 e. The molecule has 1 N–H and O–H groups in total. The Balaban J connectivity index is 2.74. The minimum atomic E-state index is -0.0143. The molecule has 0 atom stereocenters. The third-order valence-electron chi connectivity index (χ3n) is 2.84. The first kappa shape index (κ1) is 15.8. The lowest BCUT2D eigenvalue weighted by atomic mass is 10.2. The molecule has 0 aromatic carbocycles. The van der Waals surface area contributed by atoms with Gasteiger partial charge in [-0.1, -0.05) is 31.4 Å². The Labute approximate surface area is 120 Å². The lowest BCUT2D eigenvalue weighted by Crippen LogP contribution is -2.27. The molecule has 0 aliphatic carbocycles. The first-order valence-electron chi connectivity index (χ1n) is 6.75. The summed E-state index contributed by atoms with van der Waals surface area (Å²) in [5.41, 5.74) is 0.579. The summed E-state index contributed by atoms with van der Waals surface area (Å²) in [7, 11) is 1.82. The van der Waals surface area contributed by atoms with Gasteiger partial charge < -0.3 is 10.2 Å². The zero-order valence-electron chi connectivity index (χ0n) is 11.9. The van der Waals surface area contributed by atoms with Crippen molar-refractivity contribution in [1.82, 2.24) is 9.88 Å². The van der Waals surface area contributed by atoms with Crippen molar-refractivity contribution in [2.75, 3.05) is 25.5 Å². The number of halogens is 1. The van der Waals surface area contributed by atoms with Crippen LogP contribution in [0.1, 0.15) is 43.5 Å². The van der Waals surface area contributed by atoms with Gasteiger partial charge in [0.05, 0.1) is 0 Å². The molecule has 1 aromatic heterocycles. The van der Waals surface area contributed by atoms with Crippen LogP contribution < -0.4 is 5.32 Å². The summed E-state index contributed by atoms with van der Waals surface area (Å²) in [6, 6.07) is 3.36. The van der Waals surface area contributed by atoms with Gasteiger partial charge in [-0.2, -0.15) is 0 Å². The van der Waals surface area contributed by atoms with E-state index in [1.807, 2.05) is 14.0 Å². The Bertz CT molecular complexity index is 423. The molecule has 0 fully saturated rings. The topological polar surface area (TPSA) is 45.2 Å². The predicted molar refractivity (Wildman–Crippen MR) is 79.9 cm³/mol. The maximum Gasteiger partial charge on any atom is 0.253 e. The van der Waals surface area contributed by atoms with Gasteiger partial charge in [0, 0.05) is 25.7 Å². The highest BCUT2D eigenvalue weighted by molar-refractivity contribution is 6.29. The van der Waals surface area contributed by atoms with E-state index in [2.05, 4.69) is 17.2 Å². The van der Waals surface area contributed by atoms with E-state index in [1.165, 1.54) is 0 Å². The quantitative estimate of drug-likeness (QED) is 0.616. The molecular formula is C14H22ClN3O. The lowest BCUT2D eigenvalue weighted by molar-refractivity contribution is 0.0792. The van der Waals surface area contributed by atoms with Crippen LogP contribution in [0.15, 0.2) is 12.1 Å². The van der Waals surface area contributed by atoms with E-state index in [0.717, 1.165) is 32.4 Å². The fourth-order valence-corrected chi connectivity index (χ4v) is 2.02. The summed E-state index contributed by atoms with van der Waals surface area (Å²) in [5, 5.41) is 3.41. The van der Waals surface area contributed by atoms with Crippen molar-refractivity contribution in [2.24, 2.45) is 0 Å². The summed E-state index contributed by atoms with van der Waals surface area (Å²) >= 11 is 5.94. The van der Waals surface area contributed by atoms with E-state index in [9.17, 15) is 4.79 Å². The van der Waals surface area contributed by atoms with Gasteiger partial charge in [0.15, 0.2) is 0 Å². The van der Waals surface area contributed by atoms with Crippen molar-refractivity contribution in [1.29, 1.82) is 0 Å². The van der Waals surface area contributed by atoms with Gasteiger partial charge in [0.1, 0.15) is 11.0 Å². The number of carbonyl (C=O) groups is 1. The van der Waals surface area contributed by atoms with Crippen molar-refractivity contribution in [3.63, 3.8) is 0 Å². The average molecular weight is 284 g/mol. The van der Waals surface area contributed by atoms with Crippen LogP contribution in [0.4, 0.5) is 5.82 Å². The Kier molecular flexibility index (Phi) is 6.64. The Morgan fingerprint density at radius 2 is 2.11 bits per heavy atom. The number of hydrogen-bond acceptors (Lipinski definition) is 3. The van der Waals surface area contributed by atoms with Crippen molar-refractivity contribution < 1.29 is 4.79 Å². The number of hydrogen-bond donors (Lipinski definition) is 1. The second kappa shape index (κ2) is 8.00. The number of carbonyl (C=O) groups excluding carboxylic acids is 1. The van der Waals surface area contributed by atoms with Crippen molar-refractivity contribution in [3.8, 4) is 0 Å². The molecule has 0 saturated heterocycles. The van der Waals surface area contributed by atoms with Crippen LogP contribution in [0.25, 0.3) is 0 Å². The molecule has 1 amide bonds. The average Bonchev–Trinajstić information content (AvgIpc) is 2.37. The third kappa shape index (κ3) is 5.07. The standard InChI is InChI=1S/C14H22ClN3O/c1-4-6-7-8-18(3)14(19)11-9-12(15)17-13(10-11)16-5-2/h9-10H,4-8H2,1-3H3,(H,16,17). The van der Waals surface area contributed by atoms with Gasteiger partial charge in [0.25, 0.3) is 5.91 Å². The monoisotopic (exact) mass is 283 g/mol. The second-order valence-corrected chi connectivity index (χ2v) is 4.92. The van der Waals surface area contributed by atoms with Crippen molar-refractivity contribution >= 4 is 23.3 Å². The van der Waals surface area contributed by atoms with Gasteiger partial charge in [-0.05, 0) is 25.5 Å². The van der Waals surface area contributed by atoms with Gasteiger partial charge in [0.2, 0.25) is 0 Å². The van der Waals surface area contributed by atoms with E-state index in [4.69, 9.17) is 11.6 Å². The maximum atomic E-state index is 12.3.